The van der Waals surface area contributed by atoms with E-state index in [0.29, 0.717) is 11.8 Å². The smallest absolute Gasteiger partial charge is 0.126 e. The Kier molecular flexibility index (Phi) is 3.54. The van der Waals surface area contributed by atoms with Gasteiger partial charge in [-0.25, -0.2) is 4.98 Å². The molecule has 96 valence electrons. The monoisotopic (exact) mass is 237 g/mol. The molecule has 2 rings (SSSR count). The fraction of sp³-hybridized carbons (Fsp3) is 0.769. The third-order valence-corrected chi connectivity index (χ3v) is 4.12. The first-order chi connectivity index (χ1) is 8.06. The molecular formula is C13H23N3O. The van der Waals surface area contributed by atoms with Crippen LogP contribution in [0.4, 0.5) is 0 Å². The summed E-state index contributed by atoms with van der Waals surface area (Å²) in [6.07, 6.45) is 4.31. The highest BCUT2D eigenvalue weighted by molar-refractivity contribution is 5.04. The normalized spacial score (nSPS) is 35.1. The zero-order valence-electron chi connectivity index (χ0n) is 11.1. The molecule has 2 N–H and O–H groups in total. The Labute approximate surface area is 103 Å². The second-order valence-corrected chi connectivity index (χ2v) is 5.08. The Hall–Kier alpha value is -0.870. The van der Waals surface area contributed by atoms with Crippen molar-refractivity contribution in [1.29, 1.82) is 0 Å². The predicted molar refractivity (Wildman–Crippen MR) is 67.5 cm³/mol. The SMILES string of the molecule is CCn1ccnc1C(N)C1C(C)OC(C)C1C. The Morgan fingerprint density at radius 1 is 1.41 bits per heavy atom. The van der Waals surface area contributed by atoms with E-state index in [1.807, 2.05) is 12.4 Å². The van der Waals surface area contributed by atoms with Gasteiger partial charge in [-0.1, -0.05) is 6.92 Å². The van der Waals surface area contributed by atoms with Crippen LogP contribution in [-0.2, 0) is 11.3 Å². The van der Waals surface area contributed by atoms with Gasteiger partial charge in [0.1, 0.15) is 5.82 Å². The Balaban J connectivity index is 2.22. The summed E-state index contributed by atoms with van der Waals surface area (Å²) >= 11 is 0. The molecule has 0 radical (unpaired) electrons. The summed E-state index contributed by atoms with van der Waals surface area (Å²) in [4.78, 5) is 4.41. The lowest BCUT2D eigenvalue weighted by atomic mass is 9.83. The van der Waals surface area contributed by atoms with E-state index in [-0.39, 0.29) is 18.2 Å². The van der Waals surface area contributed by atoms with Crippen molar-refractivity contribution in [3.8, 4) is 0 Å². The molecule has 1 saturated heterocycles. The van der Waals surface area contributed by atoms with Crippen LogP contribution in [0.3, 0.4) is 0 Å². The number of aryl methyl sites for hydroxylation is 1. The summed E-state index contributed by atoms with van der Waals surface area (Å²) in [5, 5.41) is 0. The topological polar surface area (TPSA) is 53.1 Å². The maximum Gasteiger partial charge on any atom is 0.126 e. The molecule has 4 heteroatoms. The van der Waals surface area contributed by atoms with Crippen LogP contribution in [0.1, 0.15) is 39.6 Å². The van der Waals surface area contributed by atoms with Crippen LogP contribution >= 0.6 is 0 Å². The number of aromatic nitrogens is 2. The van der Waals surface area contributed by atoms with E-state index >= 15 is 0 Å². The number of imidazole rings is 1. The van der Waals surface area contributed by atoms with Crippen molar-refractivity contribution in [2.45, 2.75) is 52.5 Å². The number of hydrogen-bond donors (Lipinski definition) is 1. The molecule has 0 bridgehead atoms. The number of nitrogens with zero attached hydrogens (tertiary/aromatic N) is 2. The minimum absolute atomic E-state index is 0.0418. The summed E-state index contributed by atoms with van der Waals surface area (Å²) in [6.45, 7) is 9.48. The minimum Gasteiger partial charge on any atom is -0.375 e. The molecule has 1 aliphatic rings. The van der Waals surface area contributed by atoms with E-state index in [1.165, 1.54) is 0 Å². The average Bonchev–Trinajstić information content (AvgIpc) is 2.84. The number of rotatable bonds is 3. The van der Waals surface area contributed by atoms with E-state index < -0.39 is 0 Å². The molecule has 1 aromatic heterocycles. The fourth-order valence-electron chi connectivity index (χ4n) is 2.97. The first kappa shape index (κ1) is 12.6. The minimum atomic E-state index is -0.0418. The second-order valence-electron chi connectivity index (χ2n) is 5.08. The van der Waals surface area contributed by atoms with Crippen molar-refractivity contribution in [1.82, 2.24) is 9.55 Å². The molecule has 4 nitrogen and oxygen atoms in total. The third-order valence-electron chi connectivity index (χ3n) is 4.12. The lowest BCUT2D eigenvalue weighted by Gasteiger charge is -2.25. The molecule has 1 aliphatic heterocycles. The van der Waals surface area contributed by atoms with Crippen LogP contribution in [0, 0.1) is 11.8 Å². The lowest BCUT2D eigenvalue weighted by Crippen LogP contribution is -2.32. The largest absolute Gasteiger partial charge is 0.375 e. The average molecular weight is 237 g/mol. The maximum atomic E-state index is 6.40. The molecule has 1 fully saturated rings. The summed E-state index contributed by atoms with van der Waals surface area (Å²) < 4.78 is 7.98. The van der Waals surface area contributed by atoms with Crippen LogP contribution in [0.2, 0.25) is 0 Å². The Morgan fingerprint density at radius 2 is 2.12 bits per heavy atom. The van der Waals surface area contributed by atoms with E-state index in [1.54, 1.807) is 0 Å². The van der Waals surface area contributed by atoms with Crippen molar-refractivity contribution >= 4 is 0 Å². The molecule has 0 aliphatic carbocycles. The highest BCUT2D eigenvalue weighted by Crippen LogP contribution is 2.38. The van der Waals surface area contributed by atoms with Gasteiger partial charge >= 0.3 is 0 Å². The molecule has 0 saturated carbocycles. The number of hydrogen-bond acceptors (Lipinski definition) is 3. The molecule has 5 atom stereocenters. The Morgan fingerprint density at radius 3 is 2.65 bits per heavy atom. The molecule has 17 heavy (non-hydrogen) atoms. The van der Waals surface area contributed by atoms with Gasteiger partial charge in [-0.2, -0.15) is 0 Å². The van der Waals surface area contributed by atoms with Crippen LogP contribution in [-0.4, -0.2) is 21.8 Å². The zero-order chi connectivity index (χ0) is 12.6. The van der Waals surface area contributed by atoms with Crippen molar-refractivity contribution in [2.75, 3.05) is 0 Å². The molecule has 2 heterocycles. The van der Waals surface area contributed by atoms with E-state index in [0.717, 1.165) is 12.4 Å². The van der Waals surface area contributed by atoms with Gasteiger partial charge in [0, 0.05) is 24.9 Å². The summed E-state index contributed by atoms with van der Waals surface area (Å²) in [6, 6.07) is -0.0418. The van der Waals surface area contributed by atoms with Crippen LogP contribution < -0.4 is 5.73 Å². The lowest BCUT2D eigenvalue weighted by molar-refractivity contribution is 0.0485. The van der Waals surface area contributed by atoms with Gasteiger partial charge in [0.15, 0.2) is 0 Å². The van der Waals surface area contributed by atoms with E-state index in [9.17, 15) is 0 Å². The van der Waals surface area contributed by atoms with Crippen LogP contribution in [0.5, 0.6) is 0 Å². The first-order valence-corrected chi connectivity index (χ1v) is 6.48. The molecule has 0 amide bonds. The van der Waals surface area contributed by atoms with Gasteiger partial charge in [-0.05, 0) is 26.7 Å². The van der Waals surface area contributed by atoms with Gasteiger partial charge in [-0.3, -0.25) is 0 Å². The Bertz CT molecular complexity index is 376. The maximum absolute atomic E-state index is 6.40. The summed E-state index contributed by atoms with van der Waals surface area (Å²) in [5.41, 5.74) is 6.40. The van der Waals surface area contributed by atoms with Gasteiger partial charge in [0.2, 0.25) is 0 Å². The summed E-state index contributed by atoms with van der Waals surface area (Å²) in [7, 11) is 0. The number of nitrogens with two attached hydrogens (primary N) is 1. The molecule has 0 aromatic carbocycles. The van der Waals surface area contributed by atoms with Crippen molar-refractivity contribution < 1.29 is 4.74 Å². The van der Waals surface area contributed by atoms with Crippen LogP contribution in [0.15, 0.2) is 12.4 Å². The predicted octanol–water partition coefficient (Wildman–Crippen LogP) is 1.96. The zero-order valence-corrected chi connectivity index (χ0v) is 11.1. The molecular weight excluding hydrogens is 214 g/mol. The van der Waals surface area contributed by atoms with Crippen molar-refractivity contribution in [3.63, 3.8) is 0 Å². The van der Waals surface area contributed by atoms with Crippen molar-refractivity contribution in [2.24, 2.45) is 17.6 Å². The quantitative estimate of drug-likeness (QED) is 0.874. The molecule has 1 aromatic rings. The summed E-state index contributed by atoms with van der Waals surface area (Å²) in [5.74, 6) is 1.80. The standard InChI is InChI=1S/C13H23N3O/c1-5-16-7-6-15-13(16)12(14)11-8(2)9(3)17-10(11)4/h6-12H,5,14H2,1-4H3. The number of ether oxygens (including phenoxy) is 1. The highest BCUT2D eigenvalue weighted by Gasteiger charge is 2.41. The molecule has 0 spiro atoms. The van der Waals surface area contributed by atoms with E-state index in [4.69, 9.17) is 10.5 Å². The van der Waals surface area contributed by atoms with Crippen molar-refractivity contribution in [3.05, 3.63) is 18.2 Å². The highest BCUT2D eigenvalue weighted by atomic mass is 16.5. The fourth-order valence-corrected chi connectivity index (χ4v) is 2.97. The van der Waals surface area contributed by atoms with Gasteiger partial charge in [0.25, 0.3) is 0 Å². The van der Waals surface area contributed by atoms with Gasteiger partial charge in [-0.15, -0.1) is 0 Å². The third kappa shape index (κ3) is 2.11. The van der Waals surface area contributed by atoms with Gasteiger partial charge < -0.3 is 15.0 Å². The van der Waals surface area contributed by atoms with Crippen LogP contribution in [0.25, 0.3) is 0 Å². The first-order valence-electron chi connectivity index (χ1n) is 6.48. The second kappa shape index (κ2) is 4.78. The van der Waals surface area contributed by atoms with E-state index in [2.05, 4.69) is 37.2 Å². The van der Waals surface area contributed by atoms with Gasteiger partial charge in [0.05, 0.1) is 18.2 Å². The molecule has 5 unspecified atom stereocenters.